The highest BCUT2D eigenvalue weighted by molar-refractivity contribution is 7.99. The fourth-order valence-corrected chi connectivity index (χ4v) is 4.12. The molecule has 1 aromatic heterocycles. The van der Waals surface area contributed by atoms with E-state index in [4.69, 9.17) is 11.5 Å². The van der Waals surface area contributed by atoms with Crippen LogP contribution in [-0.2, 0) is 0 Å². The molecule has 2 rings (SSSR count). The van der Waals surface area contributed by atoms with Crippen LogP contribution in [0.3, 0.4) is 0 Å². The highest BCUT2D eigenvalue weighted by Gasteiger charge is 2.36. The van der Waals surface area contributed by atoms with Crippen molar-refractivity contribution in [2.45, 2.75) is 50.4 Å². The quantitative estimate of drug-likeness (QED) is 0.814. The highest BCUT2D eigenvalue weighted by Crippen LogP contribution is 2.45. The summed E-state index contributed by atoms with van der Waals surface area (Å²) in [5, 5.41) is 10.2. The monoisotopic (exact) mass is 305 g/mol. The van der Waals surface area contributed by atoms with E-state index < -0.39 is 0 Å². The first-order chi connectivity index (χ1) is 9.79. The molecule has 4 N–H and O–H groups in total. The molecule has 21 heavy (non-hydrogen) atoms. The van der Waals surface area contributed by atoms with Crippen molar-refractivity contribution in [3.05, 3.63) is 6.07 Å². The van der Waals surface area contributed by atoms with E-state index in [1.807, 2.05) is 0 Å². The number of hydrogen-bond acceptors (Lipinski definition) is 6. The minimum Gasteiger partial charge on any atom is -0.383 e. The second kappa shape index (κ2) is 6.10. The maximum atomic E-state index is 9.38. The molecular weight excluding hydrogens is 282 g/mol. The lowest BCUT2D eigenvalue weighted by atomic mass is 9.70. The number of aromatic nitrogens is 2. The summed E-state index contributed by atoms with van der Waals surface area (Å²) >= 11 is 1.54. The SMILES string of the molecule is CC(C)(C)C1CCC(C#N)C(Sc2nc(N)cc(N)n2)C1. The van der Waals surface area contributed by atoms with Gasteiger partial charge in [0.25, 0.3) is 0 Å². The van der Waals surface area contributed by atoms with Crippen LogP contribution < -0.4 is 11.5 Å². The molecule has 1 aliphatic carbocycles. The number of hydrogen-bond donors (Lipinski definition) is 2. The van der Waals surface area contributed by atoms with Crippen molar-refractivity contribution in [2.24, 2.45) is 17.3 Å². The molecule has 0 bridgehead atoms. The molecule has 0 aliphatic heterocycles. The van der Waals surface area contributed by atoms with Crippen molar-refractivity contribution in [1.29, 1.82) is 5.26 Å². The topological polar surface area (TPSA) is 102 Å². The number of nitrogens with zero attached hydrogens (tertiary/aromatic N) is 3. The molecule has 5 nitrogen and oxygen atoms in total. The summed E-state index contributed by atoms with van der Waals surface area (Å²) in [7, 11) is 0. The normalized spacial score (nSPS) is 26.3. The molecule has 0 aromatic carbocycles. The first-order valence-electron chi connectivity index (χ1n) is 7.26. The molecule has 0 spiro atoms. The van der Waals surface area contributed by atoms with Gasteiger partial charge in [0.2, 0.25) is 0 Å². The summed E-state index contributed by atoms with van der Waals surface area (Å²) in [4.78, 5) is 8.45. The number of thioether (sulfide) groups is 1. The lowest BCUT2D eigenvalue weighted by Gasteiger charge is -2.39. The molecule has 0 saturated heterocycles. The van der Waals surface area contributed by atoms with Crippen molar-refractivity contribution < 1.29 is 0 Å². The summed E-state index contributed by atoms with van der Waals surface area (Å²) in [5.74, 6) is 1.40. The van der Waals surface area contributed by atoms with Gasteiger partial charge in [-0.05, 0) is 30.6 Å². The predicted octanol–water partition coefficient (Wildman–Crippen LogP) is 3.09. The van der Waals surface area contributed by atoms with Crippen molar-refractivity contribution >= 4 is 23.4 Å². The number of rotatable bonds is 2. The highest BCUT2D eigenvalue weighted by atomic mass is 32.2. The van der Waals surface area contributed by atoms with E-state index in [1.165, 1.54) is 0 Å². The minimum absolute atomic E-state index is 0.0415. The fourth-order valence-electron chi connectivity index (χ4n) is 2.84. The summed E-state index contributed by atoms with van der Waals surface area (Å²) in [6, 6.07) is 3.98. The smallest absolute Gasteiger partial charge is 0.191 e. The molecule has 0 radical (unpaired) electrons. The van der Waals surface area contributed by atoms with Crippen molar-refractivity contribution in [3.8, 4) is 6.07 Å². The number of nitrogen functional groups attached to an aromatic ring is 2. The molecule has 1 fully saturated rings. The lowest BCUT2D eigenvalue weighted by Crippen LogP contribution is -2.33. The molecular formula is C15H23N5S. The van der Waals surface area contributed by atoms with Gasteiger partial charge in [0.1, 0.15) is 11.6 Å². The van der Waals surface area contributed by atoms with Gasteiger partial charge in [0, 0.05) is 11.3 Å². The van der Waals surface area contributed by atoms with E-state index in [0.717, 1.165) is 19.3 Å². The maximum Gasteiger partial charge on any atom is 0.191 e. The van der Waals surface area contributed by atoms with Gasteiger partial charge in [0.05, 0.1) is 12.0 Å². The van der Waals surface area contributed by atoms with Crippen LogP contribution in [0.5, 0.6) is 0 Å². The van der Waals surface area contributed by atoms with Crippen molar-refractivity contribution in [3.63, 3.8) is 0 Å². The van der Waals surface area contributed by atoms with E-state index in [9.17, 15) is 5.26 Å². The van der Waals surface area contributed by atoms with Gasteiger partial charge in [-0.15, -0.1) is 0 Å². The number of anilines is 2. The number of nitriles is 1. The van der Waals surface area contributed by atoms with E-state index in [-0.39, 0.29) is 16.6 Å². The van der Waals surface area contributed by atoms with Crippen LogP contribution in [0.25, 0.3) is 0 Å². The Kier molecular flexibility index (Phi) is 4.62. The third-order valence-corrected chi connectivity index (χ3v) is 5.40. The van der Waals surface area contributed by atoms with Gasteiger partial charge in [-0.25, -0.2) is 9.97 Å². The second-order valence-electron chi connectivity index (χ2n) is 6.77. The zero-order valence-corrected chi connectivity index (χ0v) is 13.7. The Morgan fingerprint density at radius 2 is 1.86 bits per heavy atom. The lowest BCUT2D eigenvalue weighted by molar-refractivity contribution is 0.169. The van der Waals surface area contributed by atoms with Gasteiger partial charge in [-0.3, -0.25) is 0 Å². The molecule has 1 aromatic rings. The van der Waals surface area contributed by atoms with Crippen LogP contribution in [0.2, 0.25) is 0 Å². The van der Waals surface area contributed by atoms with Gasteiger partial charge in [-0.1, -0.05) is 32.5 Å². The Morgan fingerprint density at radius 3 is 2.38 bits per heavy atom. The molecule has 6 heteroatoms. The molecule has 114 valence electrons. The summed E-state index contributed by atoms with van der Waals surface area (Å²) in [6.45, 7) is 6.79. The van der Waals surface area contributed by atoms with Gasteiger partial charge >= 0.3 is 0 Å². The van der Waals surface area contributed by atoms with Crippen molar-refractivity contribution in [1.82, 2.24) is 9.97 Å². The maximum absolute atomic E-state index is 9.38. The van der Waals surface area contributed by atoms with E-state index in [2.05, 4.69) is 36.8 Å². The fraction of sp³-hybridized carbons (Fsp3) is 0.667. The summed E-state index contributed by atoms with van der Waals surface area (Å²) < 4.78 is 0. The van der Waals surface area contributed by atoms with Gasteiger partial charge in [-0.2, -0.15) is 5.26 Å². The summed E-state index contributed by atoms with van der Waals surface area (Å²) in [5.41, 5.74) is 11.7. The summed E-state index contributed by atoms with van der Waals surface area (Å²) in [6.07, 6.45) is 3.05. The standard InChI is InChI=1S/C15H23N5S/c1-15(2,3)10-5-4-9(8-16)11(6-10)21-14-19-12(17)7-13(18)20-14/h7,9-11H,4-6H2,1-3H3,(H4,17,18,19,20). The van der Waals surface area contributed by atoms with Gasteiger partial charge in [0.15, 0.2) is 5.16 Å². The van der Waals surface area contributed by atoms with Crippen LogP contribution >= 0.6 is 11.8 Å². The predicted molar refractivity (Wildman–Crippen MR) is 86.4 cm³/mol. The Hall–Kier alpha value is -1.48. The molecule has 1 saturated carbocycles. The average Bonchev–Trinajstić information content (AvgIpc) is 2.36. The minimum atomic E-state index is 0.0415. The Balaban J connectivity index is 2.16. The van der Waals surface area contributed by atoms with Crippen LogP contribution in [0.1, 0.15) is 40.0 Å². The van der Waals surface area contributed by atoms with E-state index in [0.29, 0.717) is 22.7 Å². The largest absolute Gasteiger partial charge is 0.383 e. The first kappa shape index (κ1) is 15.9. The second-order valence-corrected chi connectivity index (χ2v) is 7.97. The zero-order chi connectivity index (χ0) is 15.6. The molecule has 0 amide bonds. The third kappa shape index (κ3) is 4.01. The van der Waals surface area contributed by atoms with Crippen LogP contribution in [0.4, 0.5) is 11.6 Å². The molecule has 3 unspecified atom stereocenters. The molecule has 1 aliphatic rings. The van der Waals surface area contributed by atoms with E-state index >= 15 is 0 Å². The Labute approximate surface area is 130 Å². The third-order valence-electron chi connectivity index (χ3n) is 4.18. The average molecular weight is 305 g/mol. The zero-order valence-electron chi connectivity index (χ0n) is 12.8. The molecule has 3 atom stereocenters. The van der Waals surface area contributed by atoms with E-state index in [1.54, 1.807) is 17.8 Å². The Morgan fingerprint density at radius 1 is 1.24 bits per heavy atom. The number of nitrogens with two attached hydrogens (primary N) is 2. The van der Waals surface area contributed by atoms with Crippen LogP contribution in [0, 0.1) is 28.6 Å². The molecule has 1 heterocycles. The Bertz CT molecular complexity index is 526. The van der Waals surface area contributed by atoms with Crippen LogP contribution in [0.15, 0.2) is 11.2 Å². The van der Waals surface area contributed by atoms with Crippen LogP contribution in [-0.4, -0.2) is 15.2 Å². The first-order valence-corrected chi connectivity index (χ1v) is 8.14. The van der Waals surface area contributed by atoms with Crippen molar-refractivity contribution in [2.75, 3.05) is 11.5 Å². The van der Waals surface area contributed by atoms with Gasteiger partial charge < -0.3 is 11.5 Å².